The van der Waals surface area contributed by atoms with Crippen molar-refractivity contribution >= 4 is 11.9 Å². The Labute approximate surface area is 142 Å². The summed E-state index contributed by atoms with van der Waals surface area (Å²) in [6.07, 6.45) is -3.52. The van der Waals surface area contributed by atoms with Gasteiger partial charge in [-0.3, -0.25) is 9.69 Å². The molecule has 1 saturated heterocycles. The summed E-state index contributed by atoms with van der Waals surface area (Å²) in [5, 5.41) is 26.2. The molecular weight excluding hydrogens is 343 g/mol. The number of alkyl halides is 3. The number of carbonyl (C=O) groups is 2. The number of nitrogens with zero attached hydrogens (tertiary/aromatic N) is 1. The minimum absolute atomic E-state index is 0.0479. The molecule has 2 rings (SSSR count). The third-order valence-corrected chi connectivity index (χ3v) is 3.78. The summed E-state index contributed by atoms with van der Waals surface area (Å²) in [6, 6.07) is 9.63. The fourth-order valence-electron chi connectivity index (χ4n) is 2.60. The zero-order chi connectivity index (χ0) is 19.0. The van der Waals surface area contributed by atoms with Crippen LogP contribution in [0.3, 0.4) is 0 Å². The van der Waals surface area contributed by atoms with Crippen LogP contribution in [-0.2, 0) is 9.59 Å². The summed E-state index contributed by atoms with van der Waals surface area (Å²) in [4.78, 5) is 21.6. The predicted molar refractivity (Wildman–Crippen MR) is 81.9 cm³/mol. The standard InChI is InChI=1S/C14H19NO3.C2HF3O2/c16-13(17)8-10-15-9-4-7-12(15)14(18)11-5-2-1-3-6-11;3-2(4,5)1(6)7/h1-3,5-6,12,14,18H,4,7-10H2,(H,16,17);(H,6,7). The number of aliphatic hydroxyl groups excluding tert-OH is 1. The first-order chi connectivity index (χ1) is 11.6. The van der Waals surface area contributed by atoms with Crippen LogP contribution in [0.1, 0.15) is 30.9 Å². The average Bonchev–Trinajstić information content (AvgIpc) is 3.01. The third-order valence-electron chi connectivity index (χ3n) is 3.78. The van der Waals surface area contributed by atoms with E-state index in [9.17, 15) is 23.1 Å². The summed E-state index contributed by atoms with van der Waals surface area (Å²) in [6.45, 7) is 1.39. The maximum atomic E-state index is 10.6. The molecule has 0 saturated carbocycles. The minimum atomic E-state index is -5.08. The molecule has 1 aliphatic heterocycles. The Kier molecular flexibility index (Phi) is 7.85. The van der Waals surface area contributed by atoms with Crippen LogP contribution in [0.5, 0.6) is 0 Å². The minimum Gasteiger partial charge on any atom is -0.481 e. The molecule has 1 heterocycles. The Morgan fingerprint density at radius 2 is 1.76 bits per heavy atom. The van der Waals surface area contributed by atoms with Crippen molar-refractivity contribution in [3.05, 3.63) is 35.9 Å². The number of benzene rings is 1. The van der Waals surface area contributed by atoms with Gasteiger partial charge in [0.05, 0.1) is 12.5 Å². The average molecular weight is 363 g/mol. The van der Waals surface area contributed by atoms with Gasteiger partial charge in [-0.15, -0.1) is 0 Å². The molecule has 1 aromatic carbocycles. The molecule has 0 spiro atoms. The Bertz CT molecular complexity index is 565. The Hall–Kier alpha value is -2.13. The molecule has 140 valence electrons. The normalized spacial score (nSPS) is 19.0. The maximum absolute atomic E-state index is 10.6. The number of halogens is 3. The van der Waals surface area contributed by atoms with Gasteiger partial charge in [-0.25, -0.2) is 4.79 Å². The van der Waals surface area contributed by atoms with Gasteiger partial charge < -0.3 is 15.3 Å². The van der Waals surface area contributed by atoms with Gasteiger partial charge >= 0.3 is 18.1 Å². The lowest BCUT2D eigenvalue weighted by Crippen LogP contribution is -2.36. The van der Waals surface area contributed by atoms with Crippen molar-refractivity contribution in [2.75, 3.05) is 13.1 Å². The summed E-state index contributed by atoms with van der Waals surface area (Å²) < 4.78 is 31.7. The van der Waals surface area contributed by atoms with Crippen molar-refractivity contribution in [2.45, 2.75) is 37.6 Å². The molecule has 9 heteroatoms. The smallest absolute Gasteiger partial charge is 0.481 e. The summed E-state index contributed by atoms with van der Waals surface area (Å²) in [7, 11) is 0. The van der Waals surface area contributed by atoms with Crippen molar-refractivity contribution in [3.63, 3.8) is 0 Å². The number of aliphatic hydroxyl groups is 1. The van der Waals surface area contributed by atoms with Crippen LogP contribution in [-0.4, -0.2) is 57.5 Å². The third kappa shape index (κ3) is 7.10. The summed E-state index contributed by atoms with van der Waals surface area (Å²) in [5.74, 6) is -3.54. The van der Waals surface area contributed by atoms with E-state index in [2.05, 4.69) is 4.90 Å². The Morgan fingerprint density at radius 3 is 2.24 bits per heavy atom. The van der Waals surface area contributed by atoms with Crippen LogP contribution in [0, 0.1) is 0 Å². The summed E-state index contributed by atoms with van der Waals surface area (Å²) >= 11 is 0. The van der Waals surface area contributed by atoms with E-state index in [1.807, 2.05) is 30.3 Å². The fourth-order valence-corrected chi connectivity index (χ4v) is 2.60. The lowest BCUT2D eigenvalue weighted by Gasteiger charge is -2.28. The van der Waals surface area contributed by atoms with Gasteiger partial charge in [0, 0.05) is 12.6 Å². The molecule has 0 aliphatic carbocycles. The van der Waals surface area contributed by atoms with Crippen LogP contribution in [0.15, 0.2) is 30.3 Å². The topological polar surface area (TPSA) is 98.1 Å². The monoisotopic (exact) mass is 363 g/mol. The van der Waals surface area contributed by atoms with Gasteiger partial charge in [0.15, 0.2) is 0 Å². The molecule has 6 nitrogen and oxygen atoms in total. The molecule has 0 amide bonds. The van der Waals surface area contributed by atoms with Crippen LogP contribution in [0.4, 0.5) is 13.2 Å². The van der Waals surface area contributed by atoms with Gasteiger partial charge in [0.2, 0.25) is 0 Å². The zero-order valence-corrected chi connectivity index (χ0v) is 13.3. The number of carboxylic acid groups (broad SMARTS) is 2. The molecule has 1 aliphatic rings. The first kappa shape index (κ1) is 20.9. The molecule has 1 fully saturated rings. The van der Waals surface area contributed by atoms with Crippen molar-refractivity contribution in [1.82, 2.24) is 4.90 Å². The van der Waals surface area contributed by atoms with Crippen molar-refractivity contribution < 1.29 is 38.1 Å². The molecule has 1 aromatic rings. The molecule has 2 atom stereocenters. The first-order valence-electron chi connectivity index (χ1n) is 7.62. The quantitative estimate of drug-likeness (QED) is 0.743. The highest BCUT2D eigenvalue weighted by molar-refractivity contribution is 5.73. The highest BCUT2D eigenvalue weighted by Gasteiger charge is 2.38. The first-order valence-corrected chi connectivity index (χ1v) is 7.62. The van der Waals surface area contributed by atoms with Gasteiger partial charge in [-0.2, -0.15) is 13.2 Å². The van der Waals surface area contributed by atoms with Gasteiger partial charge in [0.1, 0.15) is 0 Å². The van der Waals surface area contributed by atoms with E-state index >= 15 is 0 Å². The van der Waals surface area contributed by atoms with E-state index in [1.54, 1.807) is 0 Å². The molecule has 0 aromatic heterocycles. The lowest BCUT2D eigenvalue weighted by atomic mass is 10.0. The highest BCUT2D eigenvalue weighted by Crippen LogP contribution is 2.29. The van der Waals surface area contributed by atoms with E-state index in [0.717, 1.165) is 24.9 Å². The maximum Gasteiger partial charge on any atom is 0.490 e. The van der Waals surface area contributed by atoms with Gasteiger partial charge in [-0.1, -0.05) is 30.3 Å². The Morgan fingerprint density at radius 1 is 1.20 bits per heavy atom. The fraction of sp³-hybridized carbons (Fsp3) is 0.500. The van der Waals surface area contributed by atoms with Crippen molar-refractivity contribution in [2.24, 2.45) is 0 Å². The molecule has 0 radical (unpaired) electrons. The van der Waals surface area contributed by atoms with E-state index in [1.165, 1.54) is 0 Å². The van der Waals surface area contributed by atoms with E-state index < -0.39 is 24.2 Å². The predicted octanol–water partition coefficient (Wildman–Crippen LogP) is 2.29. The van der Waals surface area contributed by atoms with Crippen LogP contribution in [0.2, 0.25) is 0 Å². The number of hydrogen-bond acceptors (Lipinski definition) is 4. The van der Waals surface area contributed by atoms with Crippen LogP contribution >= 0.6 is 0 Å². The van der Waals surface area contributed by atoms with Gasteiger partial charge in [0.25, 0.3) is 0 Å². The second-order valence-corrected chi connectivity index (χ2v) is 5.55. The highest BCUT2D eigenvalue weighted by atomic mass is 19.4. The van der Waals surface area contributed by atoms with E-state index in [-0.39, 0.29) is 12.5 Å². The Balaban J connectivity index is 0.000000381. The second kappa shape index (κ2) is 9.38. The van der Waals surface area contributed by atoms with E-state index in [4.69, 9.17) is 15.0 Å². The van der Waals surface area contributed by atoms with E-state index in [0.29, 0.717) is 6.54 Å². The SMILES string of the molecule is O=C(O)C(F)(F)F.O=C(O)CCN1CCCC1C(O)c1ccccc1. The van der Waals surface area contributed by atoms with Crippen LogP contribution < -0.4 is 0 Å². The zero-order valence-electron chi connectivity index (χ0n) is 13.3. The van der Waals surface area contributed by atoms with Crippen LogP contribution in [0.25, 0.3) is 0 Å². The molecular formula is C16H20F3NO5. The lowest BCUT2D eigenvalue weighted by molar-refractivity contribution is -0.192. The number of hydrogen-bond donors (Lipinski definition) is 3. The number of rotatable bonds is 5. The van der Waals surface area contributed by atoms with Crippen molar-refractivity contribution in [3.8, 4) is 0 Å². The van der Waals surface area contributed by atoms with Crippen molar-refractivity contribution in [1.29, 1.82) is 0 Å². The largest absolute Gasteiger partial charge is 0.490 e. The second-order valence-electron chi connectivity index (χ2n) is 5.55. The van der Waals surface area contributed by atoms with Gasteiger partial charge in [-0.05, 0) is 24.9 Å². The summed E-state index contributed by atoms with van der Waals surface area (Å²) in [5.41, 5.74) is 0.907. The molecule has 25 heavy (non-hydrogen) atoms. The number of carboxylic acids is 2. The molecule has 0 bridgehead atoms. The number of likely N-dealkylation sites (tertiary alicyclic amines) is 1. The molecule has 2 unspecified atom stereocenters. The number of aliphatic carboxylic acids is 2. The molecule has 3 N–H and O–H groups in total.